The molecule has 0 bridgehead atoms. The van der Waals surface area contributed by atoms with Crippen LogP contribution < -0.4 is 0 Å². The van der Waals surface area contributed by atoms with Crippen LogP contribution in [0.25, 0.3) is 0 Å². The second-order valence-corrected chi connectivity index (χ2v) is 5.94. The van der Waals surface area contributed by atoms with Gasteiger partial charge in [0.2, 0.25) is 0 Å². The molecule has 2 unspecified atom stereocenters. The van der Waals surface area contributed by atoms with Crippen LogP contribution in [0, 0.1) is 0 Å². The van der Waals surface area contributed by atoms with Gasteiger partial charge in [0.25, 0.3) is 0 Å². The molecule has 0 fully saturated rings. The van der Waals surface area contributed by atoms with Gasteiger partial charge < -0.3 is 10.2 Å². The van der Waals surface area contributed by atoms with Crippen molar-refractivity contribution in [2.75, 3.05) is 11.8 Å². The molecule has 0 heterocycles. The number of hydrogen-bond donors (Lipinski definition) is 2. The quantitative estimate of drug-likeness (QED) is 0.748. The predicted octanol–water partition coefficient (Wildman–Crippen LogP) is 4.02. The third-order valence-corrected chi connectivity index (χ3v) is 4.31. The molecule has 2 N–H and O–H groups in total. The first-order valence-electron chi connectivity index (χ1n) is 7.29. The highest BCUT2D eigenvalue weighted by atomic mass is 35.5. The molecular weight excluding hydrogens is 319 g/mol. The highest BCUT2D eigenvalue weighted by molar-refractivity contribution is 6.18. The maximum Gasteiger partial charge on any atom is 0.0925 e. The number of alkyl halides is 2. The van der Waals surface area contributed by atoms with Gasteiger partial charge >= 0.3 is 0 Å². The van der Waals surface area contributed by atoms with Gasteiger partial charge in [-0.2, -0.15) is 0 Å². The molecule has 0 saturated heterocycles. The number of aliphatic hydroxyl groups excluding tert-OH is 2. The summed E-state index contributed by atoms with van der Waals surface area (Å²) in [7, 11) is 0. The molecule has 4 heteroatoms. The molecule has 0 aliphatic carbocycles. The largest absolute Gasteiger partial charge is 0.387 e. The lowest BCUT2D eigenvalue weighted by molar-refractivity contribution is 0.202. The molecule has 0 spiro atoms. The van der Waals surface area contributed by atoms with Crippen molar-refractivity contribution in [1.29, 1.82) is 0 Å². The average Bonchev–Trinajstić information content (AvgIpc) is 2.59. The molecular formula is C18H20Cl2O2. The van der Waals surface area contributed by atoms with Gasteiger partial charge in [0.05, 0.1) is 24.0 Å². The molecule has 2 aromatic rings. The van der Waals surface area contributed by atoms with E-state index in [9.17, 15) is 10.2 Å². The molecule has 2 nitrogen and oxygen atoms in total. The Morgan fingerprint density at radius 3 is 1.23 bits per heavy atom. The zero-order chi connectivity index (χ0) is 15.9. The third-order valence-electron chi connectivity index (χ3n) is 3.72. The summed E-state index contributed by atoms with van der Waals surface area (Å²) in [5, 5.41) is 19.3. The summed E-state index contributed by atoms with van der Waals surface area (Å²) in [6, 6.07) is 15.8. The third kappa shape index (κ3) is 4.72. The number of halogens is 2. The molecule has 0 saturated carbocycles. The Kier molecular flexibility index (Phi) is 6.71. The van der Waals surface area contributed by atoms with E-state index < -0.39 is 12.2 Å². The molecule has 2 aromatic carbocycles. The average molecular weight is 339 g/mol. The first-order chi connectivity index (χ1) is 10.6. The van der Waals surface area contributed by atoms with E-state index in [1.165, 1.54) is 11.1 Å². The number of rotatable bonds is 7. The Labute approximate surface area is 141 Å². The minimum atomic E-state index is -0.600. The van der Waals surface area contributed by atoms with Gasteiger partial charge in [-0.1, -0.05) is 48.5 Å². The van der Waals surface area contributed by atoms with Crippen molar-refractivity contribution in [3.05, 3.63) is 70.8 Å². The molecule has 0 aliphatic rings. The zero-order valence-electron chi connectivity index (χ0n) is 12.3. The van der Waals surface area contributed by atoms with Crippen LogP contribution in [0.4, 0.5) is 0 Å². The summed E-state index contributed by atoms with van der Waals surface area (Å²) in [6.45, 7) is 0. The summed E-state index contributed by atoms with van der Waals surface area (Å²) in [4.78, 5) is 0. The first kappa shape index (κ1) is 17.3. The Morgan fingerprint density at radius 1 is 0.636 bits per heavy atom. The van der Waals surface area contributed by atoms with Gasteiger partial charge in [0.15, 0.2) is 0 Å². The van der Waals surface area contributed by atoms with E-state index in [4.69, 9.17) is 23.2 Å². The van der Waals surface area contributed by atoms with Crippen LogP contribution >= 0.6 is 23.2 Å². The van der Waals surface area contributed by atoms with E-state index in [0.717, 1.165) is 24.0 Å². The van der Waals surface area contributed by atoms with Crippen LogP contribution in [0.5, 0.6) is 0 Å². The van der Waals surface area contributed by atoms with Crippen LogP contribution in [0.1, 0.15) is 34.5 Å². The smallest absolute Gasteiger partial charge is 0.0925 e. The summed E-state index contributed by atoms with van der Waals surface area (Å²) < 4.78 is 0. The highest BCUT2D eigenvalue weighted by Crippen LogP contribution is 2.18. The number of aryl methyl sites for hydroxylation is 2. The van der Waals surface area contributed by atoms with Gasteiger partial charge in [0.1, 0.15) is 0 Å². The van der Waals surface area contributed by atoms with Crippen molar-refractivity contribution in [3.8, 4) is 0 Å². The predicted molar refractivity (Wildman–Crippen MR) is 91.7 cm³/mol. The number of hydrogen-bond acceptors (Lipinski definition) is 2. The molecule has 0 aromatic heterocycles. The molecule has 118 valence electrons. The lowest BCUT2D eigenvalue weighted by atomic mass is 10.0. The molecule has 0 radical (unpaired) electrons. The van der Waals surface area contributed by atoms with Gasteiger partial charge in [0, 0.05) is 0 Å². The van der Waals surface area contributed by atoms with Crippen LogP contribution in [-0.2, 0) is 12.8 Å². The number of aliphatic hydroxyl groups is 2. The van der Waals surface area contributed by atoms with Crippen LogP contribution in [0.3, 0.4) is 0 Å². The van der Waals surface area contributed by atoms with Gasteiger partial charge in [-0.05, 0) is 35.1 Å². The monoisotopic (exact) mass is 338 g/mol. The van der Waals surface area contributed by atoms with E-state index in [-0.39, 0.29) is 11.8 Å². The van der Waals surface area contributed by atoms with E-state index in [1.807, 2.05) is 48.5 Å². The Morgan fingerprint density at radius 2 is 0.955 bits per heavy atom. The van der Waals surface area contributed by atoms with E-state index in [2.05, 4.69) is 0 Å². The SMILES string of the molecule is OC(CCl)c1ccc(CCc2ccc(C(O)CCl)cc2)cc1. The topological polar surface area (TPSA) is 40.5 Å². The minimum absolute atomic E-state index is 0.208. The zero-order valence-corrected chi connectivity index (χ0v) is 13.8. The first-order valence-corrected chi connectivity index (χ1v) is 8.36. The lowest BCUT2D eigenvalue weighted by Gasteiger charge is -2.09. The summed E-state index contributed by atoms with van der Waals surface area (Å²) in [6.07, 6.45) is 0.650. The fraction of sp³-hybridized carbons (Fsp3) is 0.333. The summed E-state index contributed by atoms with van der Waals surface area (Å²) in [5.41, 5.74) is 4.13. The molecule has 0 amide bonds. The van der Waals surface area contributed by atoms with Crippen LogP contribution in [0.2, 0.25) is 0 Å². The van der Waals surface area contributed by atoms with Crippen LogP contribution in [0.15, 0.2) is 48.5 Å². The molecule has 0 aliphatic heterocycles. The van der Waals surface area contributed by atoms with Crippen molar-refractivity contribution in [3.63, 3.8) is 0 Å². The van der Waals surface area contributed by atoms with Crippen molar-refractivity contribution < 1.29 is 10.2 Å². The highest BCUT2D eigenvalue weighted by Gasteiger charge is 2.06. The molecule has 2 atom stereocenters. The van der Waals surface area contributed by atoms with Crippen molar-refractivity contribution in [1.82, 2.24) is 0 Å². The summed E-state index contributed by atoms with van der Waals surface area (Å²) in [5.74, 6) is 0.416. The lowest BCUT2D eigenvalue weighted by Crippen LogP contribution is -2.00. The van der Waals surface area contributed by atoms with Gasteiger partial charge in [-0.25, -0.2) is 0 Å². The Bertz CT molecular complexity index is 513. The second-order valence-electron chi connectivity index (χ2n) is 5.32. The van der Waals surface area contributed by atoms with Crippen LogP contribution in [-0.4, -0.2) is 22.0 Å². The van der Waals surface area contributed by atoms with Crippen molar-refractivity contribution >= 4 is 23.2 Å². The van der Waals surface area contributed by atoms with Gasteiger partial charge in [-0.15, -0.1) is 23.2 Å². The maximum atomic E-state index is 9.66. The second kappa shape index (κ2) is 8.54. The number of benzene rings is 2. The maximum absolute atomic E-state index is 9.66. The minimum Gasteiger partial charge on any atom is -0.387 e. The standard InChI is InChI=1S/C18H20Cl2O2/c19-11-17(21)15-7-3-13(4-8-15)1-2-14-5-9-16(10-6-14)18(22)12-20/h3-10,17-18,21-22H,1-2,11-12H2. The fourth-order valence-corrected chi connectivity index (χ4v) is 2.64. The Balaban J connectivity index is 1.92. The van der Waals surface area contributed by atoms with Crippen molar-refractivity contribution in [2.45, 2.75) is 25.0 Å². The normalized spacial score (nSPS) is 13.8. The molecule has 22 heavy (non-hydrogen) atoms. The fourth-order valence-electron chi connectivity index (χ4n) is 2.28. The van der Waals surface area contributed by atoms with Gasteiger partial charge in [-0.3, -0.25) is 0 Å². The van der Waals surface area contributed by atoms with Crippen molar-refractivity contribution in [2.24, 2.45) is 0 Å². The summed E-state index contributed by atoms with van der Waals surface area (Å²) >= 11 is 11.3. The van der Waals surface area contributed by atoms with E-state index >= 15 is 0 Å². The van der Waals surface area contributed by atoms with E-state index in [1.54, 1.807) is 0 Å². The van der Waals surface area contributed by atoms with E-state index in [0.29, 0.717) is 0 Å². The Hall–Kier alpha value is -1.06. The molecule has 2 rings (SSSR count).